The molecule has 3 nitrogen and oxygen atoms in total. The van der Waals surface area contributed by atoms with Gasteiger partial charge in [-0.2, -0.15) is 0 Å². The van der Waals surface area contributed by atoms with Gasteiger partial charge in [0.2, 0.25) is 0 Å². The minimum atomic E-state index is -0.735. The van der Waals surface area contributed by atoms with Gasteiger partial charge < -0.3 is 10.4 Å². The Labute approximate surface area is 102 Å². The van der Waals surface area contributed by atoms with E-state index in [0.29, 0.717) is 0 Å². The molecule has 1 heterocycles. The molecular formula is C14H19NO2. The Hall–Kier alpha value is -1.35. The zero-order chi connectivity index (χ0) is 12.3. The first-order valence-electron chi connectivity index (χ1n) is 6.16. The SMILES string of the molecule is Cc1cccc(C2(CC(=O)O)CCCCN2)c1. The summed E-state index contributed by atoms with van der Waals surface area (Å²) >= 11 is 0. The molecule has 0 bridgehead atoms. The average molecular weight is 233 g/mol. The number of carboxylic acids is 1. The number of nitrogens with one attached hydrogen (secondary N) is 1. The Morgan fingerprint density at radius 2 is 2.29 bits per heavy atom. The molecule has 0 radical (unpaired) electrons. The number of hydrogen-bond acceptors (Lipinski definition) is 2. The van der Waals surface area contributed by atoms with Crippen molar-refractivity contribution in [2.45, 2.75) is 38.1 Å². The smallest absolute Gasteiger partial charge is 0.305 e. The van der Waals surface area contributed by atoms with E-state index < -0.39 is 5.97 Å². The van der Waals surface area contributed by atoms with Crippen molar-refractivity contribution < 1.29 is 9.90 Å². The molecule has 0 aromatic heterocycles. The van der Waals surface area contributed by atoms with Crippen molar-refractivity contribution >= 4 is 5.97 Å². The van der Waals surface area contributed by atoms with Crippen molar-refractivity contribution in [2.75, 3.05) is 6.54 Å². The molecule has 92 valence electrons. The molecule has 17 heavy (non-hydrogen) atoms. The Balaban J connectivity index is 2.35. The summed E-state index contributed by atoms with van der Waals surface area (Å²) in [6, 6.07) is 8.18. The van der Waals surface area contributed by atoms with Crippen LogP contribution in [0.1, 0.15) is 36.8 Å². The predicted molar refractivity (Wildman–Crippen MR) is 67.0 cm³/mol. The van der Waals surface area contributed by atoms with Crippen LogP contribution in [-0.4, -0.2) is 17.6 Å². The minimum absolute atomic E-state index is 0.163. The summed E-state index contributed by atoms with van der Waals surface area (Å²) in [6.45, 7) is 2.95. The van der Waals surface area contributed by atoms with Gasteiger partial charge in [0, 0.05) is 0 Å². The van der Waals surface area contributed by atoms with Gasteiger partial charge in [-0.3, -0.25) is 4.79 Å². The van der Waals surface area contributed by atoms with Crippen molar-refractivity contribution in [1.29, 1.82) is 0 Å². The number of hydrogen-bond donors (Lipinski definition) is 2. The number of carboxylic acid groups (broad SMARTS) is 1. The molecule has 1 aromatic rings. The van der Waals surface area contributed by atoms with Crippen LogP contribution in [0, 0.1) is 6.92 Å². The minimum Gasteiger partial charge on any atom is -0.481 e. The lowest BCUT2D eigenvalue weighted by atomic mass is 9.79. The zero-order valence-corrected chi connectivity index (χ0v) is 10.2. The first-order valence-corrected chi connectivity index (χ1v) is 6.16. The molecule has 1 unspecified atom stereocenters. The molecule has 0 amide bonds. The quantitative estimate of drug-likeness (QED) is 0.843. The number of aliphatic carboxylic acids is 1. The van der Waals surface area contributed by atoms with Crippen LogP contribution in [0.5, 0.6) is 0 Å². The van der Waals surface area contributed by atoms with Gasteiger partial charge in [0.05, 0.1) is 12.0 Å². The lowest BCUT2D eigenvalue weighted by Gasteiger charge is -2.38. The van der Waals surface area contributed by atoms with E-state index in [-0.39, 0.29) is 12.0 Å². The third-order valence-corrected chi connectivity index (χ3v) is 3.52. The summed E-state index contributed by atoms with van der Waals surface area (Å²) in [6.07, 6.45) is 3.29. The number of rotatable bonds is 3. The standard InChI is InChI=1S/C14H19NO2/c1-11-5-4-6-12(9-11)14(10-13(16)17)7-2-3-8-15-14/h4-6,9,15H,2-3,7-8,10H2,1H3,(H,16,17). The highest BCUT2D eigenvalue weighted by molar-refractivity contribution is 5.69. The average Bonchev–Trinajstić information content (AvgIpc) is 2.29. The van der Waals surface area contributed by atoms with Gasteiger partial charge in [0.1, 0.15) is 0 Å². The second kappa shape index (κ2) is 4.88. The molecule has 1 atom stereocenters. The van der Waals surface area contributed by atoms with Crippen molar-refractivity contribution in [3.05, 3.63) is 35.4 Å². The third-order valence-electron chi connectivity index (χ3n) is 3.52. The van der Waals surface area contributed by atoms with E-state index in [4.69, 9.17) is 5.11 Å². The summed E-state index contributed by atoms with van der Waals surface area (Å²) in [5.41, 5.74) is 1.93. The molecule has 1 aliphatic rings. The topological polar surface area (TPSA) is 49.3 Å². The molecule has 1 aliphatic heterocycles. The van der Waals surface area contributed by atoms with Crippen LogP contribution < -0.4 is 5.32 Å². The Kier molecular flexibility index (Phi) is 3.48. The fraction of sp³-hybridized carbons (Fsp3) is 0.500. The molecule has 1 fully saturated rings. The van der Waals surface area contributed by atoms with Crippen LogP contribution in [0.2, 0.25) is 0 Å². The van der Waals surface area contributed by atoms with Crippen LogP contribution in [0.15, 0.2) is 24.3 Å². The molecular weight excluding hydrogens is 214 g/mol. The van der Waals surface area contributed by atoms with Crippen molar-refractivity contribution in [3.63, 3.8) is 0 Å². The van der Waals surface area contributed by atoms with Gasteiger partial charge in [0.25, 0.3) is 0 Å². The van der Waals surface area contributed by atoms with E-state index in [9.17, 15) is 4.79 Å². The highest BCUT2D eigenvalue weighted by Crippen LogP contribution is 2.33. The Morgan fingerprint density at radius 1 is 1.47 bits per heavy atom. The maximum atomic E-state index is 11.1. The van der Waals surface area contributed by atoms with Crippen LogP contribution in [-0.2, 0) is 10.3 Å². The van der Waals surface area contributed by atoms with Crippen LogP contribution in [0.3, 0.4) is 0 Å². The second-order valence-corrected chi connectivity index (χ2v) is 4.91. The summed E-state index contributed by atoms with van der Waals surface area (Å²) in [4.78, 5) is 11.1. The van der Waals surface area contributed by atoms with Crippen molar-refractivity contribution in [1.82, 2.24) is 5.32 Å². The monoisotopic (exact) mass is 233 g/mol. The van der Waals surface area contributed by atoms with Crippen LogP contribution in [0.25, 0.3) is 0 Å². The Morgan fingerprint density at radius 3 is 2.88 bits per heavy atom. The number of benzene rings is 1. The fourth-order valence-electron chi connectivity index (χ4n) is 2.67. The second-order valence-electron chi connectivity index (χ2n) is 4.91. The van der Waals surface area contributed by atoms with E-state index in [1.54, 1.807) is 0 Å². The molecule has 1 aromatic carbocycles. The number of piperidine rings is 1. The largest absolute Gasteiger partial charge is 0.481 e. The van der Waals surface area contributed by atoms with E-state index in [1.807, 2.05) is 25.1 Å². The summed E-state index contributed by atoms with van der Waals surface area (Å²) < 4.78 is 0. The van der Waals surface area contributed by atoms with Gasteiger partial charge in [-0.25, -0.2) is 0 Å². The maximum absolute atomic E-state index is 11.1. The molecule has 2 N–H and O–H groups in total. The van der Waals surface area contributed by atoms with Gasteiger partial charge >= 0.3 is 5.97 Å². The first kappa shape index (κ1) is 12.1. The van der Waals surface area contributed by atoms with Gasteiger partial charge in [-0.1, -0.05) is 29.8 Å². The van der Waals surface area contributed by atoms with Gasteiger partial charge in [-0.15, -0.1) is 0 Å². The Bertz CT molecular complexity index is 408. The zero-order valence-electron chi connectivity index (χ0n) is 10.2. The number of carbonyl (C=O) groups is 1. The fourth-order valence-corrected chi connectivity index (χ4v) is 2.67. The molecule has 2 rings (SSSR count). The summed E-state index contributed by atoms with van der Waals surface area (Å²) in [7, 11) is 0. The van der Waals surface area contributed by atoms with Crippen LogP contribution >= 0.6 is 0 Å². The van der Waals surface area contributed by atoms with Crippen molar-refractivity contribution in [3.8, 4) is 0 Å². The third kappa shape index (κ3) is 2.67. The highest BCUT2D eigenvalue weighted by atomic mass is 16.4. The van der Waals surface area contributed by atoms with Gasteiger partial charge in [-0.05, 0) is 38.3 Å². The molecule has 0 saturated carbocycles. The number of aryl methyl sites for hydroxylation is 1. The van der Waals surface area contributed by atoms with E-state index in [1.165, 1.54) is 5.56 Å². The van der Waals surface area contributed by atoms with E-state index >= 15 is 0 Å². The lowest BCUT2D eigenvalue weighted by Crippen LogP contribution is -2.47. The summed E-state index contributed by atoms with van der Waals surface area (Å²) in [5.74, 6) is -0.735. The molecule has 3 heteroatoms. The lowest BCUT2D eigenvalue weighted by molar-refractivity contribution is -0.139. The molecule has 0 spiro atoms. The van der Waals surface area contributed by atoms with E-state index in [0.717, 1.165) is 31.4 Å². The summed E-state index contributed by atoms with van der Waals surface area (Å²) in [5, 5.41) is 12.5. The molecule has 1 saturated heterocycles. The van der Waals surface area contributed by atoms with E-state index in [2.05, 4.69) is 11.4 Å². The predicted octanol–water partition coefficient (Wildman–Crippen LogP) is 2.44. The van der Waals surface area contributed by atoms with Gasteiger partial charge in [0.15, 0.2) is 0 Å². The normalized spacial score (nSPS) is 24.5. The molecule has 0 aliphatic carbocycles. The highest BCUT2D eigenvalue weighted by Gasteiger charge is 2.35. The van der Waals surface area contributed by atoms with Crippen molar-refractivity contribution in [2.24, 2.45) is 0 Å². The van der Waals surface area contributed by atoms with Crippen LogP contribution in [0.4, 0.5) is 0 Å². The first-order chi connectivity index (χ1) is 8.12. The maximum Gasteiger partial charge on any atom is 0.305 e.